The molecule has 1 aliphatic rings. The van der Waals surface area contributed by atoms with Gasteiger partial charge in [0.15, 0.2) is 4.34 Å². The number of carbonyl (C=O) groups excluding carboxylic acids is 1. The van der Waals surface area contributed by atoms with Gasteiger partial charge in [-0.1, -0.05) is 52.4 Å². The Morgan fingerprint density at radius 1 is 1.09 bits per heavy atom. The van der Waals surface area contributed by atoms with Gasteiger partial charge in [0, 0.05) is 33.3 Å². The Bertz CT molecular complexity index is 1430. The lowest BCUT2D eigenvalue weighted by Crippen LogP contribution is -2.14. The first kappa shape index (κ1) is 24.0. The van der Waals surface area contributed by atoms with Gasteiger partial charge in [-0.05, 0) is 55.2 Å². The molecule has 0 bridgehead atoms. The lowest BCUT2D eigenvalue weighted by molar-refractivity contribution is 0.102. The fraction of sp³-hybridized carbons (Fsp3) is 0.208. The van der Waals surface area contributed by atoms with E-state index < -0.39 is 0 Å². The smallest absolute Gasteiger partial charge is 0.259 e. The molecule has 35 heavy (non-hydrogen) atoms. The number of fused-ring (bicyclic) bond motifs is 1. The number of pyridine rings is 2. The molecular weight excluding hydrogens is 525 g/mol. The van der Waals surface area contributed by atoms with Crippen molar-refractivity contribution in [3.05, 3.63) is 75.3 Å². The number of carbonyl (C=O) groups is 1. The molecule has 1 aliphatic carbocycles. The van der Waals surface area contributed by atoms with Gasteiger partial charge in [-0.25, -0.2) is 4.98 Å². The minimum Gasteiger partial charge on any atom is -0.494 e. The van der Waals surface area contributed by atoms with E-state index >= 15 is 0 Å². The van der Waals surface area contributed by atoms with Crippen LogP contribution in [0.15, 0.2) is 47.1 Å². The number of hydrogen-bond acceptors (Lipinski definition) is 8. The average molecular weight is 544 g/mol. The number of rotatable bonds is 6. The number of aryl methyl sites for hydroxylation is 1. The fourth-order valence-corrected chi connectivity index (χ4v) is 6.56. The van der Waals surface area contributed by atoms with Gasteiger partial charge in [-0.15, -0.1) is 10.2 Å². The van der Waals surface area contributed by atoms with Gasteiger partial charge in [0.1, 0.15) is 10.9 Å². The summed E-state index contributed by atoms with van der Waals surface area (Å²) in [6.45, 7) is 1.85. The standard InChI is InChI=1S/C24H19Cl2N5O2S2/c1-12-5-17(18-9-21(26)28-11-20(18)33-2)19(10-27-12)22(32)29-23-30-31-24(35-23)34-16-7-13-3-4-15(25)6-14(13)8-16/h3-6,9-11,16H,7-8H2,1-2H3,(H,29,30,32). The Morgan fingerprint density at radius 2 is 1.91 bits per heavy atom. The molecule has 3 heterocycles. The molecular formula is C24H19Cl2N5O2S2. The zero-order valence-corrected chi connectivity index (χ0v) is 21.9. The van der Waals surface area contributed by atoms with Gasteiger partial charge in [0.05, 0.1) is 18.9 Å². The van der Waals surface area contributed by atoms with Crippen molar-refractivity contribution in [2.45, 2.75) is 29.4 Å². The van der Waals surface area contributed by atoms with Gasteiger partial charge in [-0.2, -0.15) is 0 Å². The third-order valence-electron chi connectivity index (χ3n) is 5.59. The Hall–Kier alpha value is -2.72. The molecule has 0 fully saturated rings. The highest BCUT2D eigenvalue weighted by molar-refractivity contribution is 8.01. The molecule has 11 heteroatoms. The molecule has 0 spiro atoms. The summed E-state index contributed by atoms with van der Waals surface area (Å²) in [6.07, 6.45) is 4.94. The van der Waals surface area contributed by atoms with Crippen molar-refractivity contribution in [2.24, 2.45) is 0 Å². The Balaban J connectivity index is 1.33. The number of benzene rings is 1. The molecule has 1 atom stereocenters. The summed E-state index contributed by atoms with van der Waals surface area (Å²) in [5.41, 5.74) is 4.99. The highest BCUT2D eigenvalue weighted by atomic mass is 35.5. The van der Waals surface area contributed by atoms with Crippen molar-refractivity contribution in [1.29, 1.82) is 0 Å². The van der Waals surface area contributed by atoms with Crippen LogP contribution in [0, 0.1) is 6.92 Å². The van der Waals surface area contributed by atoms with Crippen LogP contribution in [-0.2, 0) is 12.8 Å². The maximum atomic E-state index is 13.2. The molecule has 0 saturated heterocycles. The summed E-state index contributed by atoms with van der Waals surface area (Å²) in [4.78, 5) is 21.6. The van der Waals surface area contributed by atoms with Crippen molar-refractivity contribution in [3.63, 3.8) is 0 Å². The summed E-state index contributed by atoms with van der Waals surface area (Å²) in [5.74, 6) is 0.153. The van der Waals surface area contributed by atoms with Crippen molar-refractivity contribution in [1.82, 2.24) is 20.2 Å². The molecule has 3 aromatic heterocycles. The van der Waals surface area contributed by atoms with Crippen LogP contribution in [0.1, 0.15) is 27.2 Å². The molecule has 178 valence electrons. The lowest BCUT2D eigenvalue weighted by Gasteiger charge is -2.13. The van der Waals surface area contributed by atoms with Gasteiger partial charge < -0.3 is 4.74 Å². The molecule has 5 rings (SSSR count). The van der Waals surface area contributed by atoms with E-state index in [1.54, 1.807) is 24.9 Å². The Morgan fingerprint density at radius 3 is 2.74 bits per heavy atom. The second-order valence-electron chi connectivity index (χ2n) is 7.97. The minimum absolute atomic E-state index is 0.295. The zero-order chi connectivity index (χ0) is 24.5. The van der Waals surface area contributed by atoms with Crippen LogP contribution in [-0.4, -0.2) is 38.4 Å². The van der Waals surface area contributed by atoms with E-state index in [0.717, 1.165) is 27.9 Å². The van der Waals surface area contributed by atoms with Crippen LogP contribution in [0.2, 0.25) is 10.2 Å². The molecule has 1 amide bonds. The number of thioether (sulfide) groups is 1. The fourth-order valence-electron chi connectivity index (χ4n) is 4.00. The average Bonchev–Trinajstić information content (AvgIpc) is 3.44. The molecule has 0 saturated carbocycles. The van der Waals surface area contributed by atoms with Crippen molar-refractivity contribution in [3.8, 4) is 16.9 Å². The first-order valence-corrected chi connectivity index (χ1v) is 13.1. The third kappa shape index (κ3) is 5.28. The molecule has 7 nitrogen and oxygen atoms in total. The van der Waals surface area contributed by atoms with E-state index in [0.29, 0.717) is 38.0 Å². The first-order valence-electron chi connectivity index (χ1n) is 10.6. The van der Waals surface area contributed by atoms with Crippen LogP contribution >= 0.6 is 46.3 Å². The monoisotopic (exact) mass is 543 g/mol. The summed E-state index contributed by atoms with van der Waals surface area (Å²) in [6, 6.07) is 9.52. The van der Waals surface area contributed by atoms with Gasteiger partial charge in [-0.3, -0.25) is 15.1 Å². The van der Waals surface area contributed by atoms with Crippen LogP contribution in [0.4, 0.5) is 5.13 Å². The molecule has 1 unspecified atom stereocenters. The first-order chi connectivity index (χ1) is 16.9. The van der Waals surface area contributed by atoms with Crippen LogP contribution < -0.4 is 10.1 Å². The molecule has 1 aromatic carbocycles. The summed E-state index contributed by atoms with van der Waals surface area (Å²) >= 11 is 15.3. The number of halogens is 2. The predicted octanol–water partition coefficient (Wildman–Crippen LogP) is 6.13. The largest absolute Gasteiger partial charge is 0.494 e. The van der Waals surface area contributed by atoms with Crippen LogP contribution in [0.5, 0.6) is 5.75 Å². The number of methoxy groups -OCH3 is 1. The quantitative estimate of drug-likeness (QED) is 0.231. The number of aromatic nitrogens is 4. The molecule has 4 aromatic rings. The number of anilines is 1. The zero-order valence-electron chi connectivity index (χ0n) is 18.7. The summed E-state index contributed by atoms with van der Waals surface area (Å²) < 4.78 is 6.24. The van der Waals surface area contributed by atoms with Crippen molar-refractivity contribution >= 4 is 57.3 Å². The highest BCUT2D eigenvalue weighted by Crippen LogP contribution is 2.38. The number of amides is 1. The van der Waals surface area contributed by atoms with E-state index in [-0.39, 0.29) is 5.91 Å². The molecule has 0 aliphatic heterocycles. The second kappa shape index (κ2) is 10.1. The van der Waals surface area contributed by atoms with Gasteiger partial charge in [0.25, 0.3) is 5.91 Å². The summed E-state index contributed by atoms with van der Waals surface area (Å²) in [5, 5.41) is 13.1. The van der Waals surface area contributed by atoms with Gasteiger partial charge >= 0.3 is 0 Å². The molecule has 0 radical (unpaired) electrons. The normalized spacial score (nSPS) is 14.6. The maximum absolute atomic E-state index is 13.2. The highest BCUT2D eigenvalue weighted by Gasteiger charge is 2.25. The number of ether oxygens (including phenoxy) is 1. The van der Waals surface area contributed by atoms with E-state index in [4.69, 9.17) is 27.9 Å². The van der Waals surface area contributed by atoms with Crippen LogP contribution in [0.3, 0.4) is 0 Å². The number of hydrogen-bond donors (Lipinski definition) is 1. The maximum Gasteiger partial charge on any atom is 0.259 e. The molecule has 1 N–H and O–H groups in total. The minimum atomic E-state index is -0.349. The van der Waals surface area contributed by atoms with E-state index in [9.17, 15) is 4.79 Å². The lowest BCUT2D eigenvalue weighted by atomic mass is 10.0. The van der Waals surface area contributed by atoms with E-state index in [2.05, 4.69) is 31.5 Å². The Labute approximate surface area is 220 Å². The topological polar surface area (TPSA) is 89.9 Å². The Kier molecular flexibility index (Phi) is 6.93. The summed E-state index contributed by atoms with van der Waals surface area (Å²) in [7, 11) is 1.54. The van der Waals surface area contributed by atoms with Crippen molar-refractivity contribution < 1.29 is 9.53 Å². The number of nitrogens with one attached hydrogen (secondary N) is 1. The SMILES string of the molecule is COc1cnc(Cl)cc1-c1cc(C)ncc1C(=O)Nc1nnc(SC2Cc3ccc(Cl)cc3C2)s1. The van der Waals surface area contributed by atoms with Crippen LogP contribution in [0.25, 0.3) is 11.1 Å². The predicted molar refractivity (Wildman–Crippen MR) is 140 cm³/mol. The van der Waals surface area contributed by atoms with Crippen molar-refractivity contribution in [2.75, 3.05) is 12.4 Å². The van der Waals surface area contributed by atoms with E-state index in [1.165, 1.54) is 34.9 Å². The number of nitrogens with zero attached hydrogens (tertiary/aromatic N) is 4. The van der Waals surface area contributed by atoms with E-state index in [1.807, 2.05) is 25.1 Å². The second-order valence-corrected chi connectivity index (χ2v) is 11.3. The van der Waals surface area contributed by atoms with Gasteiger partial charge in [0.2, 0.25) is 5.13 Å². The third-order valence-corrected chi connectivity index (χ3v) is 8.15.